The fourth-order valence-corrected chi connectivity index (χ4v) is 2.68. The van der Waals surface area contributed by atoms with Gasteiger partial charge in [0.15, 0.2) is 11.2 Å². The number of halogens is 1. The van der Waals surface area contributed by atoms with E-state index in [1.54, 1.807) is 0 Å². The smallest absolute Gasteiger partial charge is 0.332 e. The van der Waals surface area contributed by atoms with Crippen molar-refractivity contribution in [2.45, 2.75) is 58.4 Å². The monoisotopic (exact) mass is 274 g/mol. The summed E-state index contributed by atoms with van der Waals surface area (Å²) in [7, 11) is 0. The zero-order valence-electron chi connectivity index (χ0n) is 11.6. The molecular weight excluding hydrogens is 252 g/mol. The Bertz CT molecular complexity index is 314. The Morgan fingerprint density at radius 2 is 1.89 bits per heavy atom. The number of rotatable bonds is 4. The Morgan fingerprint density at radius 3 is 2.39 bits per heavy atom. The molecule has 1 aliphatic rings. The highest BCUT2D eigenvalue weighted by atomic mass is 35.5. The van der Waals surface area contributed by atoms with Crippen LogP contribution in [0.4, 0.5) is 0 Å². The Balaban J connectivity index is 2.66. The molecule has 1 fully saturated rings. The highest BCUT2D eigenvalue weighted by Crippen LogP contribution is 2.35. The van der Waals surface area contributed by atoms with Crippen LogP contribution in [0, 0.1) is 17.8 Å². The predicted octanol–water partition coefficient (Wildman–Crippen LogP) is 3.19. The molecule has 0 amide bonds. The molecule has 0 aromatic rings. The zero-order chi connectivity index (χ0) is 13.9. The Labute approximate surface area is 114 Å². The van der Waals surface area contributed by atoms with Gasteiger partial charge in [0.2, 0.25) is 0 Å². The summed E-state index contributed by atoms with van der Waals surface area (Å²) in [6.45, 7) is 7.76. The number of hydrogen-bond acceptors (Lipinski definition) is 3. The molecule has 18 heavy (non-hydrogen) atoms. The van der Waals surface area contributed by atoms with E-state index in [0.29, 0.717) is 17.8 Å². The van der Waals surface area contributed by atoms with Gasteiger partial charge in [-0.1, -0.05) is 27.2 Å². The minimum Gasteiger partial charge on any atom is -0.461 e. The van der Waals surface area contributed by atoms with Gasteiger partial charge in [-0.3, -0.25) is 4.79 Å². The molecule has 0 heterocycles. The van der Waals surface area contributed by atoms with Crippen molar-refractivity contribution in [3.63, 3.8) is 0 Å². The summed E-state index contributed by atoms with van der Waals surface area (Å²) < 4.78 is 5.47. The largest absolute Gasteiger partial charge is 0.461 e. The van der Waals surface area contributed by atoms with E-state index in [-0.39, 0.29) is 11.9 Å². The molecule has 0 saturated heterocycles. The molecule has 4 heteroatoms. The Kier molecular flexibility index (Phi) is 5.64. The van der Waals surface area contributed by atoms with E-state index < -0.39 is 11.3 Å². The van der Waals surface area contributed by atoms with Crippen LogP contribution in [-0.4, -0.2) is 23.2 Å². The molecule has 0 aliphatic heterocycles. The molecule has 1 unspecified atom stereocenters. The first-order chi connectivity index (χ1) is 8.32. The van der Waals surface area contributed by atoms with Gasteiger partial charge in [0.25, 0.3) is 0 Å². The summed E-state index contributed by atoms with van der Waals surface area (Å²) in [5.41, 5.74) is 0. The van der Waals surface area contributed by atoms with Crippen LogP contribution in [-0.2, 0) is 14.3 Å². The zero-order valence-corrected chi connectivity index (χ0v) is 12.4. The van der Waals surface area contributed by atoms with E-state index in [2.05, 4.69) is 20.8 Å². The fourth-order valence-electron chi connectivity index (χ4n) is 2.63. The van der Waals surface area contributed by atoms with Crippen molar-refractivity contribution in [2.24, 2.45) is 17.8 Å². The van der Waals surface area contributed by atoms with Crippen LogP contribution >= 0.6 is 11.6 Å². The summed E-state index contributed by atoms with van der Waals surface area (Å²) in [6.07, 6.45) is 3.02. The minimum atomic E-state index is -1.16. The number of alkyl halides is 1. The lowest BCUT2D eigenvalue weighted by Gasteiger charge is -2.36. The quantitative estimate of drug-likeness (QED) is 0.449. The average molecular weight is 275 g/mol. The Morgan fingerprint density at radius 1 is 1.28 bits per heavy atom. The topological polar surface area (TPSA) is 43.4 Å². The lowest BCUT2D eigenvalue weighted by atomic mass is 9.75. The van der Waals surface area contributed by atoms with E-state index in [0.717, 1.165) is 12.8 Å². The first kappa shape index (κ1) is 15.5. The van der Waals surface area contributed by atoms with Crippen LogP contribution in [0.1, 0.15) is 47.0 Å². The summed E-state index contributed by atoms with van der Waals surface area (Å²) in [5.74, 6) is 0.465. The maximum Gasteiger partial charge on any atom is 0.332 e. The molecule has 0 spiro atoms. The van der Waals surface area contributed by atoms with Crippen LogP contribution in [0.3, 0.4) is 0 Å². The highest BCUT2D eigenvalue weighted by Gasteiger charge is 2.35. The molecule has 0 N–H and O–H groups in total. The van der Waals surface area contributed by atoms with Gasteiger partial charge in [-0.05, 0) is 37.5 Å². The molecule has 4 atom stereocenters. The molecule has 1 rings (SSSR count). The standard InChI is InChI=1S/C14H23ClO3/c1-8(2)11-6-5-9(3)7-12(11)18-14(17)13(15)10(4)16/h8-9,11-13H,5-7H2,1-4H3/t9-,11+,12-,13?/m1/s1. The van der Waals surface area contributed by atoms with Gasteiger partial charge in [0, 0.05) is 0 Å². The van der Waals surface area contributed by atoms with E-state index in [4.69, 9.17) is 16.3 Å². The van der Waals surface area contributed by atoms with Gasteiger partial charge in [-0.15, -0.1) is 11.6 Å². The van der Waals surface area contributed by atoms with Gasteiger partial charge in [-0.2, -0.15) is 0 Å². The maximum atomic E-state index is 11.8. The van der Waals surface area contributed by atoms with Gasteiger partial charge >= 0.3 is 5.97 Å². The summed E-state index contributed by atoms with van der Waals surface area (Å²) in [6, 6.07) is 0. The van der Waals surface area contributed by atoms with Crippen molar-refractivity contribution < 1.29 is 14.3 Å². The molecule has 104 valence electrons. The molecule has 0 aromatic heterocycles. The third-order valence-corrected chi connectivity index (χ3v) is 4.28. The summed E-state index contributed by atoms with van der Waals surface area (Å²) in [4.78, 5) is 22.8. The molecule has 3 nitrogen and oxygen atoms in total. The van der Waals surface area contributed by atoms with E-state index in [1.807, 2.05) is 0 Å². The molecule has 1 aliphatic carbocycles. The van der Waals surface area contributed by atoms with Crippen LogP contribution in [0.25, 0.3) is 0 Å². The molecule has 0 bridgehead atoms. The first-order valence-corrected chi connectivity index (χ1v) is 7.11. The third-order valence-electron chi connectivity index (χ3n) is 3.79. The maximum absolute atomic E-state index is 11.8. The van der Waals surface area contributed by atoms with Crippen LogP contribution in [0.2, 0.25) is 0 Å². The predicted molar refractivity (Wildman–Crippen MR) is 71.5 cm³/mol. The van der Waals surface area contributed by atoms with Crippen molar-refractivity contribution in [3.8, 4) is 0 Å². The second kappa shape index (κ2) is 6.55. The number of Topliss-reactive ketones (excluding diaryl/α,β-unsaturated/α-hetero) is 1. The SMILES string of the molecule is CC(=O)C(Cl)C(=O)O[C@@H]1C[C@H](C)CC[C@H]1C(C)C. The van der Waals surface area contributed by atoms with Crippen molar-refractivity contribution in [1.29, 1.82) is 0 Å². The van der Waals surface area contributed by atoms with Crippen molar-refractivity contribution in [3.05, 3.63) is 0 Å². The Hall–Kier alpha value is -0.570. The van der Waals surface area contributed by atoms with Gasteiger partial charge in [-0.25, -0.2) is 4.79 Å². The van der Waals surface area contributed by atoms with Crippen LogP contribution in [0.5, 0.6) is 0 Å². The number of ketones is 1. The van der Waals surface area contributed by atoms with Gasteiger partial charge < -0.3 is 4.74 Å². The highest BCUT2D eigenvalue weighted by molar-refractivity contribution is 6.40. The number of carbonyl (C=O) groups is 2. The second-order valence-corrected chi connectivity index (χ2v) is 6.21. The molecule has 0 radical (unpaired) electrons. The van der Waals surface area contributed by atoms with E-state index >= 15 is 0 Å². The van der Waals surface area contributed by atoms with E-state index in [1.165, 1.54) is 13.3 Å². The van der Waals surface area contributed by atoms with Crippen molar-refractivity contribution in [2.75, 3.05) is 0 Å². The third kappa shape index (κ3) is 3.98. The fraction of sp³-hybridized carbons (Fsp3) is 0.857. The first-order valence-electron chi connectivity index (χ1n) is 6.68. The minimum absolute atomic E-state index is 0.0955. The van der Waals surface area contributed by atoms with Crippen molar-refractivity contribution >= 4 is 23.4 Å². The van der Waals surface area contributed by atoms with Crippen molar-refractivity contribution in [1.82, 2.24) is 0 Å². The van der Waals surface area contributed by atoms with E-state index in [9.17, 15) is 9.59 Å². The molecule has 1 saturated carbocycles. The number of carbonyl (C=O) groups excluding carboxylic acids is 2. The number of esters is 1. The molecular formula is C14H23ClO3. The van der Waals surface area contributed by atoms with Crippen LogP contribution < -0.4 is 0 Å². The summed E-state index contributed by atoms with van der Waals surface area (Å²) in [5, 5.41) is -1.16. The average Bonchev–Trinajstić information content (AvgIpc) is 2.27. The van der Waals surface area contributed by atoms with Gasteiger partial charge in [0.05, 0.1) is 0 Å². The summed E-state index contributed by atoms with van der Waals surface area (Å²) >= 11 is 5.73. The van der Waals surface area contributed by atoms with Gasteiger partial charge in [0.1, 0.15) is 6.10 Å². The normalized spacial score (nSPS) is 30.0. The molecule has 0 aromatic carbocycles. The van der Waals surface area contributed by atoms with Crippen LogP contribution in [0.15, 0.2) is 0 Å². The lowest BCUT2D eigenvalue weighted by molar-refractivity contribution is -0.156. The number of hydrogen-bond donors (Lipinski definition) is 0. The second-order valence-electron chi connectivity index (χ2n) is 5.77. The lowest BCUT2D eigenvalue weighted by Crippen LogP contribution is -2.38. The number of ether oxygens (including phenoxy) is 1.